The van der Waals surface area contributed by atoms with Crippen LogP contribution >= 0.6 is 0 Å². The molecular formula is C17H24N6O2. The highest BCUT2D eigenvalue weighted by molar-refractivity contribution is 5.88. The van der Waals surface area contributed by atoms with Crippen LogP contribution in [0.1, 0.15) is 27.2 Å². The maximum Gasteiger partial charge on any atom is 0.231 e. The van der Waals surface area contributed by atoms with E-state index in [1.54, 1.807) is 12.1 Å². The molecule has 1 aromatic carbocycles. The van der Waals surface area contributed by atoms with Crippen molar-refractivity contribution >= 4 is 29.2 Å². The van der Waals surface area contributed by atoms with Gasteiger partial charge in [0.25, 0.3) is 0 Å². The minimum absolute atomic E-state index is 0.0111. The molecule has 0 aliphatic rings. The van der Waals surface area contributed by atoms with Crippen LogP contribution in [0.4, 0.5) is 23.3 Å². The number of aromatic nitrogens is 3. The lowest BCUT2D eigenvalue weighted by atomic mass is 10.0. The molecule has 8 nitrogen and oxygen atoms in total. The second-order valence-electron chi connectivity index (χ2n) is 6.17. The second-order valence-corrected chi connectivity index (χ2v) is 6.17. The molecule has 0 fully saturated rings. The molecule has 2 aromatic rings. The number of carbonyl (C=O) groups excluding carboxylic acids is 1. The van der Waals surface area contributed by atoms with E-state index in [0.29, 0.717) is 17.8 Å². The molecule has 0 saturated carbocycles. The van der Waals surface area contributed by atoms with Crippen molar-refractivity contribution in [2.75, 3.05) is 22.6 Å². The van der Waals surface area contributed by atoms with E-state index in [1.807, 2.05) is 12.1 Å². The van der Waals surface area contributed by atoms with Gasteiger partial charge in [-0.1, -0.05) is 13.8 Å². The molecule has 0 saturated heterocycles. The van der Waals surface area contributed by atoms with E-state index in [4.69, 9.17) is 0 Å². The molecule has 0 bridgehead atoms. The van der Waals surface area contributed by atoms with Crippen molar-refractivity contribution in [2.45, 2.75) is 33.2 Å². The Hall–Kier alpha value is -2.74. The molecule has 0 aliphatic heterocycles. The molecule has 0 spiro atoms. The van der Waals surface area contributed by atoms with Crippen molar-refractivity contribution < 1.29 is 9.90 Å². The Morgan fingerprint density at radius 2 is 1.76 bits per heavy atom. The lowest BCUT2D eigenvalue weighted by molar-refractivity contribution is -0.114. The summed E-state index contributed by atoms with van der Waals surface area (Å²) in [5.41, 5.74) is 1.50. The minimum Gasteiger partial charge on any atom is -0.394 e. The Labute approximate surface area is 147 Å². The van der Waals surface area contributed by atoms with Gasteiger partial charge in [0.05, 0.1) is 12.6 Å². The van der Waals surface area contributed by atoms with Crippen LogP contribution in [0.5, 0.6) is 0 Å². The molecule has 1 heterocycles. The lowest BCUT2D eigenvalue weighted by Crippen LogP contribution is -2.26. The van der Waals surface area contributed by atoms with Crippen LogP contribution in [0.2, 0.25) is 0 Å². The Balaban J connectivity index is 2.02. The molecule has 134 valence electrons. The third kappa shape index (κ3) is 6.34. The highest BCUT2D eigenvalue weighted by Gasteiger charge is 2.11. The number of hydrogen-bond donors (Lipinski definition) is 4. The number of anilines is 4. The normalized spacial score (nSPS) is 11.9. The maximum atomic E-state index is 11.0. The topological polar surface area (TPSA) is 112 Å². The van der Waals surface area contributed by atoms with Crippen LogP contribution in [-0.2, 0) is 4.79 Å². The second kappa shape index (κ2) is 8.93. The van der Waals surface area contributed by atoms with Gasteiger partial charge in [0.2, 0.25) is 17.8 Å². The Morgan fingerprint density at radius 1 is 1.12 bits per heavy atom. The molecule has 8 heteroatoms. The van der Waals surface area contributed by atoms with Gasteiger partial charge in [-0.2, -0.15) is 4.98 Å². The SMILES string of the molecule is CC(=O)Nc1ccc(Nc2ncnc(N[C@H](CO)CC(C)C)n2)cc1. The fraction of sp³-hybridized carbons (Fsp3) is 0.412. The van der Waals surface area contributed by atoms with E-state index in [-0.39, 0.29) is 18.6 Å². The van der Waals surface area contributed by atoms with E-state index in [9.17, 15) is 9.90 Å². The van der Waals surface area contributed by atoms with E-state index in [2.05, 4.69) is 44.7 Å². The minimum atomic E-state index is -0.117. The summed E-state index contributed by atoms with van der Waals surface area (Å²) in [6.45, 7) is 5.66. The fourth-order valence-electron chi connectivity index (χ4n) is 2.33. The molecule has 1 atom stereocenters. The standard InChI is InChI=1S/C17H24N6O2/c1-11(2)8-15(9-24)22-17-19-10-18-16(23-17)21-14-6-4-13(5-7-14)20-12(3)25/h4-7,10-11,15,24H,8-9H2,1-3H3,(H,20,25)(H2,18,19,21,22,23)/t15-/m0/s1. The van der Waals surface area contributed by atoms with Crippen LogP contribution in [-0.4, -0.2) is 38.6 Å². The highest BCUT2D eigenvalue weighted by atomic mass is 16.3. The average Bonchev–Trinajstić information content (AvgIpc) is 2.55. The molecular weight excluding hydrogens is 320 g/mol. The van der Waals surface area contributed by atoms with Gasteiger partial charge in [-0.05, 0) is 36.6 Å². The molecule has 0 radical (unpaired) electrons. The van der Waals surface area contributed by atoms with Crippen molar-refractivity contribution in [2.24, 2.45) is 5.92 Å². The largest absolute Gasteiger partial charge is 0.394 e. The summed E-state index contributed by atoms with van der Waals surface area (Å²) in [7, 11) is 0. The van der Waals surface area contributed by atoms with Gasteiger partial charge in [0, 0.05) is 18.3 Å². The molecule has 0 unspecified atom stereocenters. The summed E-state index contributed by atoms with van der Waals surface area (Å²) in [5.74, 6) is 1.14. The van der Waals surface area contributed by atoms with Gasteiger partial charge in [-0.3, -0.25) is 4.79 Å². The zero-order chi connectivity index (χ0) is 18.2. The van der Waals surface area contributed by atoms with E-state index in [1.165, 1.54) is 13.3 Å². The first-order chi connectivity index (χ1) is 12.0. The zero-order valence-corrected chi connectivity index (χ0v) is 14.7. The zero-order valence-electron chi connectivity index (χ0n) is 14.7. The number of amides is 1. The number of hydrogen-bond acceptors (Lipinski definition) is 7. The van der Waals surface area contributed by atoms with E-state index in [0.717, 1.165) is 17.8 Å². The van der Waals surface area contributed by atoms with E-state index >= 15 is 0 Å². The number of carbonyl (C=O) groups is 1. The van der Waals surface area contributed by atoms with Gasteiger partial charge >= 0.3 is 0 Å². The molecule has 25 heavy (non-hydrogen) atoms. The summed E-state index contributed by atoms with van der Waals surface area (Å²) < 4.78 is 0. The maximum absolute atomic E-state index is 11.0. The monoisotopic (exact) mass is 344 g/mol. The van der Waals surface area contributed by atoms with Crippen molar-refractivity contribution in [3.63, 3.8) is 0 Å². The summed E-state index contributed by atoms with van der Waals surface area (Å²) in [6, 6.07) is 7.10. The highest BCUT2D eigenvalue weighted by Crippen LogP contribution is 2.17. The first-order valence-corrected chi connectivity index (χ1v) is 8.17. The van der Waals surface area contributed by atoms with Crippen LogP contribution in [0.15, 0.2) is 30.6 Å². The van der Waals surface area contributed by atoms with Crippen LogP contribution in [0, 0.1) is 5.92 Å². The summed E-state index contributed by atoms with van der Waals surface area (Å²) in [5, 5.41) is 18.4. The smallest absolute Gasteiger partial charge is 0.231 e. The predicted octanol–water partition coefficient (Wildman–Crippen LogP) is 2.39. The molecule has 0 aliphatic carbocycles. The van der Waals surface area contributed by atoms with Crippen LogP contribution in [0.3, 0.4) is 0 Å². The Morgan fingerprint density at radius 3 is 2.36 bits per heavy atom. The first-order valence-electron chi connectivity index (χ1n) is 8.17. The number of nitrogens with zero attached hydrogens (tertiary/aromatic N) is 3. The Bertz CT molecular complexity index is 690. The first kappa shape index (κ1) is 18.6. The van der Waals surface area contributed by atoms with Crippen molar-refractivity contribution in [3.05, 3.63) is 30.6 Å². The van der Waals surface area contributed by atoms with Gasteiger partial charge in [-0.15, -0.1) is 0 Å². The third-order valence-corrected chi connectivity index (χ3v) is 3.34. The number of aliphatic hydroxyl groups excluding tert-OH is 1. The fourth-order valence-corrected chi connectivity index (χ4v) is 2.33. The van der Waals surface area contributed by atoms with Crippen molar-refractivity contribution in [3.8, 4) is 0 Å². The summed E-state index contributed by atoms with van der Waals surface area (Å²) in [4.78, 5) is 23.5. The lowest BCUT2D eigenvalue weighted by Gasteiger charge is -2.18. The summed E-state index contributed by atoms with van der Waals surface area (Å²) in [6.07, 6.45) is 2.22. The predicted molar refractivity (Wildman–Crippen MR) is 97.8 cm³/mol. The van der Waals surface area contributed by atoms with Gasteiger partial charge < -0.3 is 21.1 Å². The number of aliphatic hydroxyl groups is 1. The Kier molecular flexibility index (Phi) is 6.64. The van der Waals surface area contributed by atoms with Crippen molar-refractivity contribution in [1.82, 2.24) is 15.0 Å². The summed E-state index contributed by atoms with van der Waals surface area (Å²) >= 11 is 0. The van der Waals surface area contributed by atoms with E-state index < -0.39 is 0 Å². The van der Waals surface area contributed by atoms with Crippen LogP contribution < -0.4 is 16.0 Å². The molecule has 1 amide bonds. The van der Waals surface area contributed by atoms with Gasteiger partial charge in [0.1, 0.15) is 6.33 Å². The molecule has 4 N–H and O–H groups in total. The van der Waals surface area contributed by atoms with Crippen LogP contribution in [0.25, 0.3) is 0 Å². The number of benzene rings is 1. The quantitative estimate of drug-likeness (QED) is 0.581. The van der Waals surface area contributed by atoms with Gasteiger partial charge in [-0.25, -0.2) is 9.97 Å². The average molecular weight is 344 g/mol. The number of rotatable bonds is 8. The third-order valence-electron chi connectivity index (χ3n) is 3.34. The van der Waals surface area contributed by atoms with Gasteiger partial charge in [0.15, 0.2) is 0 Å². The van der Waals surface area contributed by atoms with Crippen molar-refractivity contribution in [1.29, 1.82) is 0 Å². The number of nitrogens with one attached hydrogen (secondary N) is 3. The molecule has 2 rings (SSSR count). The molecule has 1 aromatic heterocycles.